The maximum absolute atomic E-state index is 5.35. The predicted molar refractivity (Wildman–Crippen MR) is 70.4 cm³/mol. The first-order valence-electron chi connectivity index (χ1n) is 5.94. The zero-order chi connectivity index (χ0) is 12.5. The molecule has 1 aliphatic rings. The van der Waals surface area contributed by atoms with Crippen LogP contribution >= 0.6 is 0 Å². The van der Waals surface area contributed by atoms with Gasteiger partial charge in [0.25, 0.3) is 0 Å². The molecule has 0 unspecified atom stereocenters. The van der Waals surface area contributed by atoms with E-state index in [1.165, 1.54) is 11.3 Å². The van der Waals surface area contributed by atoms with E-state index in [-0.39, 0.29) is 0 Å². The minimum atomic E-state index is 0.760. The van der Waals surface area contributed by atoms with Crippen LogP contribution in [-0.2, 0) is 13.1 Å². The van der Waals surface area contributed by atoms with Crippen molar-refractivity contribution in [2.45, 2.75) is 13.1 Å². The van der Waals surface area contributed by atoms with E-state index in [9.17, 15) is 0 Å². The van der Waals surface area contributed by atoms with E-state index in [1.807, 2.05) is 12.1 Å². The molecule has 0 saturated heterocycles. The van der Waals surface area contributed by atoms with E-state index >= 15 is 0 Å². The topological polar surface area (TPSA) is 35.4 Å². The molecule has 1 aromatic heterocycles. The molecule has 0 saturated carbocycles. The number of anilines is 1. The Balaban J connectivity index is 2.07. The molecule has 0 radical (unpaired) electrons. The zero-order valence-electron chi connectivity index (χ0n) is 10.6. The molecule has 0 spiro atoms. The standard InChI is InChI=1S/C14H16N2O2/c1-17-13-6-10-9-16-5-3-4-11(16)8-15-12(10)7-14(13)18-2/h3-7,15H,8-9H2,1-2H3. The molecule has 4 nitrogen and oxygen atoms in total. The highest BCUT2D eigenvalue weighted by Crippen LogP contribution is 2.35. The number of fused-ring (bicyclic) bond motifs is 2. The van der Waals surface area contributed by atoms with Gasteiger partial charge in [0.1, 0.15) is 0 Å². The second-order valence-electron chi connectivity index (χ2n) is 4.35. The van der Waals surface area contributed by atoms with Crippen molar-refractivity contribution < 1.29 is 9.47 Å². The molecular formula is C14H16N2O2. The average Bonchev–Trinajstić information content (AvgIpc) is 2.77. The van der Waals surface area contributed by atoms with Gasteiger partial charge in [-0.3, -0.25) is 0 Å². The normalized spacial score (nSPS) is 13.0. The van der Waals surface area contributed by atoms with Crippen molar-refractivity contribution in [1.29, 1.82) is 0 Å². The van der Waals surface area contributed by atoms with Gasteiger partial charge in [0.15, 0.2) is 11.5 Å². The lowest BCUT2D eigenvalue weighted by atomic mass is 10.1. The number of benzene rings is 1. The Kier molecular flexibility index (Phi) is 2.63. The van der Waals surface area contributed by atoms with E-state index in [4.69, 9.17) is 9.47 Å². The van der Waals surface area contributed by atoms with Crippen LogP contribution in [0, 0.1) is 0 Å². The number of nitrogens with one attached hydrogen (secondary N) is 1. The molecule has 4 heteroatoms. The summed E-state index contributed by atoms with van der Waals surface area (Å²) in [6, 6.07) is 8.24. The lowest BCUT2D eigenvalue weighted by Crippen LogP contribution is -2.00. The van der Waals surface area contributed by atoms with E-state index in [0.29, 0.717) is 0 Å². The molecule has 94 valence electrons. The van der Waals surface area contributed by atoms with E-state index in [2.05, 4.69) is 28.2 Å². The van der Waals surface area contributed by atoms with Gasteiger partial charge in [0, 0.05) is 30.2 Å². The first kappa shape index (κ1) is 11.0. The van der Waals surface area contributed by atoms with Crippen LogP contribution in [0.3, 0.4) is 0 Å². The van der Waals surface area contributed by atoms with Crippen molar-refractivity contribution in [3.63, 3.8) is 0 Å². The Morgan fingerprint density at radius 1 is 1.17 bits per heavy atom. The van der Waals surface area contributed by atoms with Crippen LogP contribution in [0.2, 0.25) is 0 Å². The van der Waals surface area contributed by atoms with Crippen LogP contribution in [-0.4, -0.2) is 18.8 Å². The number of rotatable bonds is 2. The lowest BCUT2D eigenvalue weighted by Gasteiger charge is -2.13. The number of methoxy groups -OCH3 is 2. The number of hydrogen-bond acceptors (Lipinski definition) is 3. The summed E-state index contributed by atoms with van der Waals surface area (Å²) in [4.78, 5) is 0. The van der Waals surface area contributed by atoms with Crippen LogP contribution in [0.4, 0.5) is 5.69 Å². The van der Waals surface area contributed by atoms with Gasteiger partial charge in [-0.25, -0.2) is 0 Å². The smallest absolute Gasteiger partial charge is 0.162 e. The summed E-state index contributed by atoms with van der Waals surface area (Å²) in [6.45, 7) is 1.68. The number of aromatic nitrogens is 1. The molecule has 0 fully saturated rings. The van der Waals surface area contributed by atoms with E-state index in [1.54, 1.807) is 14.2 Å². The number of nitrogens with zero attached hydrogens (tertiary/aromatic N) is 1. The number of hydrogen-bond donors (Lipinski definition) is 1. The first-order chi connectivity index (χ1) is 8.81. The Hall–Kier alpha value is -2.10. The van der Waals surface area contributed by atoms with E-state index < -0.39 is 0 Å². The minimum Gasteiger partial charge on any atom is -0.493 e. The zero-order valence-corrected chi connectivity index (χ0v) is 10.6. The highest BCUT2D eigenvalue weighted by atomic mass is 16.5. The fourth-order valence-corrected chi connectivity index (χ4v) is 2.35. The monoisotopic (exact) mass is 244 g/mol. The molecule has 3 rings (SSSR count). The summed E-state index contributed by atoms with van der Waals surface area (Å²) >= 11 is 0. The van der Waals surface area contributed by atoms with Gasteiger partial charge in [0.05, 0.1) is 20.8 Å². The van der Waals surface area contributed by atoms with Gasteiger partial charge in [-0.1, -0.05) is 0 Å². The Bertz CT molecular complexity index is 575. The van der Waals surface area contributed by atoms with Crippen LogP contribution in [0.5, 0.6) is 11.5 Å². The SMILES string of the molecule is COc1cc2c(cc1OC)NCc1cccn1C2. The fourth-order valence-electron chi connectivity index (χ4n) is 2.35. The van der Waals surface area contributed by atoms with Gasteiger partial charge < -0.3 is 19.4 Å². The fraction of sp³-hybridized carbons (Fsp3) is 0.286. The molecule has 18 heavy (non-hydrogen) atoms. The third kappa shape index (κ3) is 1.70. The van der Waals surface area contributed by atoms with Crippen molar-refractivity contribution >= 4 is 5.69 Å². The van der Waals surface area contributed by atoms with Crippen molar-refractivity contribution in [1.82, 2.24) is 4.57 Å². The van der Waals surface area contributed by atoms with E-state index in [0.717, 1.165) is 30.3 Å². The number of ether oxygens (including phenoxy) is 2. The molecule has 2 heterocycles. The van der Waals surface area contributed by atoms with Crippen molar-refractivity contribution in [3.05, 3.63) is 41.7 Å². The first-order valence-corrected chi connectivity index (χ1v) is 5.94. The maximum Gasteiger partial charge on any atom is 0.162 e. The summed E-state index contributed by atoms with van der Waals surface area (Å²) in [6.07, 6.45) is 2.10. The Morgan fingerprint density at radius 2 is 1.94 bits per heavy atom. The molecule has 2 aromatic rings. The third-order valence-corrected chi connectivity index (χ3v) is 3.33. The summed E-state index contributed by atoms with van der Waals surface area (Å²) in [5.41, 5.74) is 3.60. The largest absolute Gasteiger partial charge is 0.493 e. The summed E-state index contributed by atoms with van der Waals surface area (Å²) < 4.78 is 12.9. The highest BCUT2D eigenvalue weighted by Gasteiger charge is 2.15. The maximum atomic E-state index is 5.35. The molecule has 1 N–H and O–H groups in total. The lowest BCUT2D eigenvalue weighted by molar-refractivity contribution is 0.354. The molecule has 1 aromatic carbocycles. The summed E-state index contributed by atoms with van der Waals surface area (Å²) in [5.74, 6) is 1.53. The second-order valence-corrected chi connectivity index (χ2v) is 4.35. The molecule has 0 atom stereocenters. The molecule has 0 amide bonds. The third-order valence-electron chi connectivity index (χ3n) is 3.33. The summed E-state index contributed by atoms with van der Waals surface area (Å²) in [7, 11) is 3.32. The Labute approximate surface area is 106 Å². The van der Waals surface area contributed by atoms with Crippen LogP contribution in [0.25, 0.3) is 0 Å². The van der Waals surface area contributed by atoms with Crippen LogP contribution in [0.15, 0.2) is 30.5 Å². The molecular weight excluding hydrogens is 228 g/mol. The Morgan fingerprint density at radius 3 is 2.72 bits per heavy atom. The summed E-state index contributed by atoms with van der Waals surface area (Å²) in [5, 5.41) is 3.44. The van der Waals surface area contributed by atoms with Gasteiger partial charge >= 0.3 is 0 Å². The van der Waals surface area contributed by atoms with Gasteiger partial charge in [-0.15, -0.1) is 0 Å². The molecule has 1 aliphatic heterocycles. The van der Waals surface area contributed by atoms with Crippen molar-refractivity contribution in [2.24, 2.45) is 0 Å². The second kappa shape index (κ2) is 4.29. The van der Waals surface area contributed by atoms with Gasteiger partial charge in [-0.05, 0) is 23.8 Å². The van der Waals surface area contributed by atoms with Crippen LogP contribution in [0.1, 0.15) is 11.3 Å². The van der Waals surface area contributed by atoms with Crippen LogP contribution < -0.4 is 14.8 Å². The molecule has 0 bridgehead atoms. The average molecular weight is 244 g/mol. The molecule has 0 aliphatic carbocycles. The highest BCUT2D eigenvalue weighted by molar-refractivity contribution is 5.61. The van der Waals surface area contributed by atoms with Crippen molar-refractivity contribution in [3.8, 4) is 11.5 Å². The minimum absolute atomic E-state index is 0.760. The quantitative estimate of drug-likeness (QED) is 0.881. The van der Waals surface area contributed by atoms with Crippen molar-refractivity contribution in [2.75, 3.05) is 19.5 Å². The predicted octanol–water partition coefficient (Wildman–Crippen LogP) is 2.48. The van der Waals surface area contributed by atoms with Gasteiger partial charge in [-0.2, -0.15) is 0 Å². The van der Waals surface area contributed by atoms with Gasteiger partial charge in [0.2, 0.25) is 0 Å².